The molecule has 0 unspecified atom stereocenters. The van der Waals surface area contributed by atoms with E-state index in [0.29, 0.717) is 5.75 Å². The van der Waals surface area contributed by atoms with Crippen LogP contribution in [0.1, 0.15) is 11.1 Å². The van der Waals surface area contributed by atoms with Gasteiger partial charge in [0.2, 0.25) is 6.79 Å². The van der Waals surface area contributed by atoms with Gasteiger partial charge >= 0.3 is 0 Å². The molecule has 2 heterocycles. The summed E-state index contributed by atoms with van der Waals surface area (Å²) in [6, 6.07) is 10.1. The van der Waals surface area contributed by atoms with Crippen LogP contribution < -0.4 is 9.47 Å². The maximum absolute atomic E-state index is 10.6. The molecule has 1 N–H and O–H groups in total. The van der Waals surface area contributed by atoms with E-state index in [4.69, 9.17) is 9.47 Å². The number of phenols is 1. The third-order valence-corrected chi connectivity index (χ3v) is 5.01. The Bertz CT molecular complexity index is 882. The van der Waals surface area contributed by atoms with Crippen molar-refractivity contribution in [3.8, 4) is 39.5 Å². The zero-order valence-corrected chi connectivity index (χ0v) is 13.7. The predicted octanol–water partition coefficient (Wildman–Crippen LogP) is 5.13. The Labute approximate surface area is 138 Å². The third kappa shape index (κ3) is 2.26. The minimum absolute atomic E-state index is 0.261. The Hall–Kier alpha value is -2.46. The number of ether oxygens (including phenoxy) is 2. The Morgan fingerprint density at radius 1 is 0.913 bits per heavy atom. The van der Waals surface area contributed by atoms with Crippen molar-refractivity contribution in [3.63, 3.8) is 0 Å². The normalized spacial score (nSPS) is 12.6. The van der Waals surface area contributed by atoms with Crippen molar-refractivity contribution < 1.29 is 14.6 Å². The molecule has 23 heavy (non-hydrogen) atoms. The van der Waals surface area contributed by atoms with E-state index in [-0.39, 0.29) is 6.79 Å². The molecule has 4 rings (SSSR count). The monoisotopic (exact) mass is 324 g/mol. The fourth-order valence-corrected chi connectivity index (χ4v) is 3.63. The summed E-state index contributed by atoms with van der Waals surface area (Å²) in [6.45, 7) is 4.16. The molecule has 1 aliphatic heterocycles. The van der Waals surface area contributed by atoms with Gasteiger partial charge in [-0.25, -0.2) is 0 Å². The van der Waals surface area contributed by atoms with Crippen molar-refractivity contribution in [1.29, 1.82) is 0 Å². The third-order valence-electron chi connectivity index (χ3n) is 4.32. The van der Waals surface area contributed by atoms with Gasteiger partial charge in [-0.1, -0.05) is 6.07 Å². The molecule has 0 fully saturated rings. The summed E-state index contributed by atoms with van der Waals surface area (Å²) in [5.41, 5.74) is 5.99. The molecule has 0 aliphatic carbocycles. The van der Waals surface area contributed by atoms with Gasteiger partial charge < -0.3 is 14.6 Å². The van der Waals surface area contributed by atoms with Gasteiger partial charge in [0.1, 0.15) is 5.75 Å². The van der Waals surface area contributed by atoms with E-state index in [0.717, 1.165) is 44.9 Å². The molecule has 0 spiro atoms. The summed E-state index contributed by atoms with van der Waals surface area (Å²) in [5, 5.41) is 14.7. The zero-order valence-electron chi connectivity index (χ0n) is 12.9. The van der Waals surface area contributed by atoms with Crippen LogP contribution in [0.25, 0.3) is 22.3 Å². The predicted molar refractivity (Wildman–Crippen MR) is 92.5 cm³/mol. The second kappa shape index (κ2) is 5.32. The maximum atomic E-state index is 10.6. The number of aromatic hydroxyl groups is 1. The van der Waals surface area contributed by atoms with Crippen LogP contribution >= 0.6 is 11.3 Å². The number of phenolic OH excluding ortho intramolecular Hbond substituents is 1. The highest BCUT2D eigenvalue weighted by Gasteiger charge is 2.18. The number of benzene rings is 2. The van der Waals surface area contributed by atoms with Crippen molar-refractivity contribution in [3.05, 3.63) is 52.2 Å². The topological polar surface area (TPSA) is 38.7 Å². The van der Waals surface area contributed by atoms with Gasteiger partial charge in [-0.2, -0.15) is 11.3 Å². The standard InChI is InChI=1S/C19H16O3S/c1-11-15(13-3-4-17-18(7-13)22-10-21-17)8-16(12(2)19(11)20)14-5-6-23-9-14/h3-9,20H,10H2,1-2H3. The lowest BCUT2D eigenvalue weighted by atomic mass is 9.91. The van der Waals surface area contributed by atoms with E-state index in [9.17, 15) is 5.11 Å². The molecule has 0 bridgehead atoms. The summed E-state index contributed by atoms with van der Waals surface area (Å²) in [7, 11) is 0. The molecule has 0 saturated carbocycles. The van der Waals surface area contributed by atoms with Crippen LogP contribution in [0, 0.1) is 13.8 Å². The summed E-state index contributed by atoms with van der Waals surface area (Å²) in [6.07, 6.45) is 0. The van der Waals surface area contributed by atoms with Crippen molar-refractivity contribution >= 4 is 11.3 Å². The molecule has 0 radical (unpaired) electrons. The molecule has 2 aromatic carbocycles. The Morgan fingerprint density at radius 3 is 2.39 bits per heavy atom. The van der Waals surface area contributed by atoms with E-state index in [1.54, 1.807) is 11.3 Å². The van der Waals surface area contributed by atoms with E-state index in [1.165, 1.54) is 0 Å². The summed E-state index contributed by atoms with van der Waals surface area (Å²) < 4.78 is 10.8. The molecule has 3 aromatic rings. The minimum atomic E-state index is 0.261. The number of rotatable bonds is 2. The quantitative estimate of drug-likeness (QED) is 0.710. The highest BCUT2D eigenvalue weighted by Crippen LogP contribution is 2.42. The molecule has 1 aromatic heterocycles. The van der Waals surface area contributed by atoms with E-state index in [2.05, 4.69) is 17.5 Å². The number of hydrogen-bond acceptors (Lipinski definition) is 4. The highest BCUT2D eigenvalue weighted by atomic mass is 32.1. The average molecular weight is 324 g/mol. The highest BCUT2D eigenvalue weighted by molar-refractivity contribution is 7.08. The van der Waals surface area contributed by atoms with Gasteiger partial charge in [0.15, 0.2) is 11.5 Å². The lowest BCUT2D eigenvalue weighted by molar-refractivity contribution is 0.174. The first-order chi connectivity index (χ1) is 11.1. The largest absolute Gasteiger partial charge is 0.507 e. The molecule has 3 nitrogen and oxygen atoms in total. The van der Waals surface area contributed by atoms with E-state index >= 15 is 0 Å². The van der Waals surface area contributed by atoms with Crippen LogP contribution in [0.4, 0.5) is 0 Å². The zero-order chi connectivity index (χ0) is 16.0. The first-order valence-electron chi connectivity index (χ1n) is 7.41. The Kier molecular flexibility index (Phi) is 3.27. The van der Waals surface area contributed by atoms with Gasteiger partial charge in [0.05, 0.1) is 0 Å². The fourth-order valence-electron chi connectivity index (χ4n) is 2.98. The molecule has 0 amide bonds. The SMILES string of the molecule is Cc1c(-c2ccsc2)cc(-c2ccc3c(c2)OCO3)c(C)c1O. The average Bonchev–Trinajstić information content (AvgIpc) is 3.23. The number of fused-ring (bicyclic) bond motifs is 1. The van der Waals surface area contributed by atoms with Gasteiger partial charge in [-0.15, -0.1) is 0 Å². The van der Waals surface area contributed by atoms with Crippen LogP contribution in [0.5, 0.6) is 17.2 Å². The van der Waals surface area contributed by atoms with Gasteiger partial charge in [0.25, 0.3) is 0 Å². The fraction of sp³-hybridized carbons (Fsp3) is 0.158. The van der Waals surface area contributed by atoms with E-state index in [1.807, 2.05) is 37.4 Å². The lowest BCUT2D eigenvalue weighted by Gasteiger charge is -2.15. The summed E-state index contributed by atoms with van der Waals surface area (Å²) in [5.74, 6) is 1.86. The number of thiophene rings is 1. The van der Waals surface area contributed by atoms with Crippen LogP contribution in [0.15, 0.2) is 41.1 Å². The smallest absolute Gasteiger partial charge is 0.231 e. The van der Waals surface area contributed by atoms with Gasteiger partial charge in [0, 0.05) is 0 Å². The summed E-state index contributed by atoms with van der Waals surface area (Å²) >= 11 is 1.65. The molecular weight excluding hydrogens is 308 g/mol. The van der Waals surface area contributed by atoms with E-state index < -0.39 is 0 Å². The second-order valence-electron chi connectivity index (χ2n) is 5.65. The van der Waals surface area contributed by atoms with Crippen LogP contribution in [0.2, 0.25) is 0 Å². The Balaban J connectivity index is 1.92. The molecular formula is C19H16O3S. The lowest BCUT2D eigenvalue weighted by Crippen LogP contribution is -1.93. The Morgan fingerprint density at radius 2 is 1.65 bits per heavy atom. The summed E-state index contributed by atoms with van der Waals surface area (Å²) in [4.78, 5) is 0. The first kappa shape index (κ1) is 14.2. The maximum Gasteiger partial charge on any atom is 0.231 e. The minimum Gasteiger partial charge on any atom is -0.507 e. The van der Waals surface area contributed by atoms with Crippen molar-refractivity contribution in [1.82, 2.24) is 0 Å². The van der Waals surface area contributed by atoms with Crippen LogP contribution in [-0.2, 0) is 0 Å². The number of hydrogen-bond donors (Lipinski definition) is 1. The second-order valence-corrected chi connectivity index (χ2v) is 6.43. The van der Waals surface area contributed by atoms with Crippen molar-refractivity contribution in [2.45, 2.75) is 13.8 Å². The van der Waals surface area contributed by atoms with Crippen LogP contribution in [0.3, 0.4) is 0 Å². The molecule has 4 heteroatoms. The molecule has 1 aliphatic rings. The first-order valence-corrected chi connectivity index (χ1v) is 8.35. The van der Waals surface area contributed by atoms with Crippen molar-refractivity contribution in [2.24, 2.45) is 0 Å². The molecule has 0 atom stereocenters. The van der Waals surface area contributed by atoms with Gasteiger partial charge in [-0.3, -0.25) is 0 Å². The molecule has 116 valence electrons. The van der Waals surface area contributed by atoms with Crippen LogP contribution in [-0.4, -0.2) is 11.9 Å². The van der Waals surface area contributed by atoms with Gasteiger partial charge in [-0.05, 0) is 82.3 Å². The van der Waals surface area contributed by atoms with Crippen molar-refractivity contribution in [2.75, 3.05) is 6.79 Å². The molecule has 0 saturated heterocycles.